The number of fused-ring (bicyclic) bond motifs is 1. The zero-order valence-electron chi connectivity index (χ0n) is 13.2. The Kier molecular flexibility index (Phi) is 4.02. The lowest BCUT2D eigenvalue weighted by Gasteiger charge is -2.35. The minimum absolute atomic E-state index is 0.000444. The summed E-state index contributed by atoms with van der Waals surface area (Å²) in [5.74, 6) is 0.470. The second kappa shape index (κ2) is 5.96. The molecule has 6 heteroatoms. The lowest BCUT2D eigenvalue weighted by Crippen LogP contribution is -2.49. The quantitative estimate of drug-likeness (QED) is 0.864. The smallest absolute Gasteiger partial charge is 0.260 e. The van der Waals surface area contributed by atoms with Gasteiger partial charge in [-0.25, -0.2) is 0 Å². The van der Waals surface area contributed by atoms with Crippen LogP contribution in [0.4, 0.5) is 0 Å². The van der Waals surface area contributed by atoms with Crippen molar-refractivity contribution < 1.29 is 14.3 Å². The van der Waals surface area contributed by atoms with Crippen molar-refractivity contribution in [3.8, 4) is 5.88 Å². The summed E-state index contributed by atoms with van der Waals surface area (Å²) in [6.07, 6.45) is 0.117. The SMILES string of the molecule is CC1CN(C(=O)COc2nn(C)c3ccccc23)CC(C)O1. The van der Waals surface area contributed by atoms with Crippen molar-refractivity contribution >= 4 is 16.8 Å². The fourth-order valence-electron chi connectivity index (χ4n) is 2.89. The van der Waals surface area contributed by atoms with Gasteiger partial charge in [-0.1, -0.05) is 12.1 Å². The van der Waals surface area contributed by atoms with Gasteiger partial charge in [0.2, 0.25) is 5.88 Å². The van der Waals surface area contributed by atoms with Crippen molar-refractivity contribution in [2.75, 3.05) is 19.7 Å². The molecular weight excluding hydrogens is 282 g/mol. The molecule has 0 N–H and O–H groups in total. The number of ether oxygens (including phenoxy) is 2. The van der Waals surface area contributed by atoms with Crippen LogP contribution >= 0.6 is 0 Å². The highest BCUT2D eigenvalue weighted by molar-refractivity contribution is 5.85. The first kappa shape index (κ1) is 14.8. The third-order valence-electron chi connectivity index (χ3n) is 3.83. The highest BCUT2D eigenvalue weighted by atomic mass is 16.5. The van der Waals surface area contributed by atoms with Crippen LogP contribution in [0.2, 0.25) is 0 Å². The number of aromatic nitrogens is 2. The fourth-order valence-corrected chi connectivity index (χ4v) is 2.89. The molecule has 1 aromatic heterocycles. The summed E-state index contributed by atoms with van der Waals surface area (Å²) in [5, 5.41) is 5.25. The first-order valence-electron chi connectivity index (χ1n) is 7.52. The molecule has 1 fully saturated rings. The molecule has 1 aliphatic heterocycles. The number of rotatable bonds is 3. The maximum atomic E-state index is 12.3. The lowest BCUT2D eigenvalue weighted by atomic mass is 10.2. The third-order valence-corrected chi connectivity index (χ3v) is 3.83. The normalized spacial score (nSPS) is 22.0. The van der Waals surface area contributed by atoms with Gasteiger partial charge >= 0.3 is 0 Å². The minimum Gasteiger partial charge on any atom is -0.466 e. The summed E-state index contributed by atoms with van der Waals surface area (Å²) in [6.45, 7) is 5.16. The van der Waals surface area contributed by atoms with Gasteiger partial charge in [0.1, 0.15) is 0 Å². The van der Waals surface area contributed by atoms with Crippen molar-refractivity contribution in [1.82, 2.24) is 14.7 Å². The molecule has 1 saturated heterocycles. The van der Waals surface area contributed by atoms with Crippen LogP contribution in [0.5, 0.6) is 5.88 Å². The molecule has 0 spiro atoms. The lowest BCUT2D eigenvalue weighted by molar-refractivity contribution is -0.145. The second-order valence-electron chi connectivity index (χ2n) is 5.79. The molecule has 2 heterocycles. The van der Waals surface area contributed by atoms with Crippen LogP contribution in [0.15, 0.2) is 24.3 Å². The maximum absolute atomic E-state index is 12.3. The zero-order chi connectivity index (χ0) is 15.7. The Hall–Kier alpha value is -2.08. The van der Waals surface area contributed by atoms with Crippen molar-refractivity contribution in [3.63, 3.8) is 0 Å². The van der Waals surface area contributed by atoms with Crippen LogP contribution in [0.1, 0.15) is 13.8 Å². The molecule has 1 aromatic carbocycles. The van der Waals surface area contributed by atoms with Crippen molar-refractivity contribution in [1.29, 1.82) is 0 Å². The van der Waals surface area contributed by atoms with E-state index in [0.29, 0.717) is 19.0 Å². The second-order valence-corrected chi connectivity index (χ2v) is 5.79. The number of amides is 1. The van der Waals surface area contributed by atoms with Gasteiger partial charge in [0.25, 0.3) is 5.91 Å². The number of benzene rings is 1. The fraction of sp³-hybridized carbons (Fsp3) is 0.500. The summed E-state index contributed by atoms with van der Waals surface area (Å²) >= 11 is 0. The minimum atomic E-state index is -0.0308. The first-order chi connectivity index (χ1) is 10.5. The standard InChI is InChI=1S/C16H21N3O3/c1-11-8-19(9-12(2)22-11)15(20)10-21-16-13-6-4-5-7-14(13)18(3)17-16/h4-7,11-12H,8-10H2,1-3H3. The van der Waals surface area contributed by atoms with E-state index in [4.69, 9.17) is 9.47 Å². The van der Waals surface area contributed by atoms with Gasteiger partial charge in [0.05, 0.1) is 23.1 Å². The molecule has 1 amide bonds. The van der Waals surface area contributed by atoms with Crippen LogP contribution in [-0.2, 0) is 16.6 Å². The molecule has 2 aromatic rings. The Labute approximate surface area is 129 Å². The molecule has 6 nitrogen and oxygen atoms in total. The molecule has 0 bridgehead atoms. The largest absolute Gasteiger partial charge is 0.466 e. The van der Waals surface area contributed by atoms with Gasteiger partial charge < -0.3 is 14.4 Å². The zero-order valence-corrected chi connectivity index (χ0v) is 13.2. The van der Waals surface area contributed by atoms with Crippen molar-refractivity contribution in [2.24, 2.45) is 7.05 Å². The number of nitrogens with zero attached hydrogens (tertiary/aromatic N) is 3. The average Bonchev–Trinajstić information content (AvgIpc) is 2.81. The van der Waals surface area contributed by atoms with Crippen LogP contribution in [0.25, 0.3) is 10.9 Å². The summed E-state index contributed by atoms with van der Waals surface area (Å²) in [7, 11) is 1.86. The number of morpholine rings is 1. The van der Waals surface area contributed by atoms with Crippen LogP contribution in [-0.4, -0.2) is 52.5 Å². The van der Waals surface area contributed by atoms with E-state index in [9.17, 15) is 4.79 Å². The Morgan fingerprint density at radius 2 is 2.00 bits per heavy atom. The van der Waals surface area contributed by atoms with Crippen LogP contribution in [0, 0.1) is 0 Å². The highest BCUT2D eigenvalue weighted by Crippen LogP contribution is 2.23. The maximum Gasteiger partial charge on any atom is 0.260 e. The molecule has 118 valence electrons. The molecule has 1 aliphatic rings. The van der Waals surface area contributed by atoms with Gasteiger partial charge in [-0.15, -0.1) is 5.10 Å². The van der Waals surface area contributed by atoms with Crippen LogP contribution in [0.3, 0.4) is 0 Å². The van der Waals surface area contributed by atoms with E-state index >= 15 is 0 Å². The molecule has 0 saturated carbocycles. The van der Waals surface area contributed by atoms with Crippen molar-refractivity contribution in [3.05, 3.63) is 24.3 Å². The number of hydrogen-bond acceptors (Lipinski definition) is 4. The molecule has 0 aliphatic carbocycles. The first-order valence-corrected chi connectivity index (χ1v) is 7.52. The van der Waals surface area contributed by atoms with Gasteiger partial charge in [-0.3, -0.25) is 9.48 Å². The van der Waals surface area contributed by atoms with E-state index in [1.807, 2.05) is 45.2 Å². The van der Waals surface area contributed by atoms with Gasteiger partial charge in [0, 0.05) is 20.1 Å². The average molecular weight is 303 g/mol. The number of para-hydroxylation sites is 1. The van der Waals surface area contributed by atoms with Crippen molar-refractivity contribution in [2.45, 2.75) is 26.1 Å². The summed E-state index contributed by atoms with van der Waals surface area (Å²) in [4.78, 5) is 14.1. The van der Waals surface area contributed by atoms with E-state index < -0.39 is 0 Å². The Morgan fingerprint density at radius 1 is 1.32 bits per heavy atom. The molecule has 22 heavy (non-hydrogen) atoms. The van der Waals surface area contributed by atoms with E-state index in [2.05, 4.69) is 5.10 Å². The summed E-state index contributed by atoms with van der Waals surface area (Å²) in [5.41, 5.74) is 0.985. The molecule has 2 unspecified atom stereocenters. The third kappa shape index (κ3) is 2.92. The van der Waals surface area contributed by atoms with E-state index in [1.54, 1.807) is 9.58 Å². The number of hydrogen-bond donors (Lipinski definition) is 0. The number of aryl methyl sites for hydroxylation is 1. The van der Waals surface area contributed by atoms with E-state index in [0.717, 1.165) is 10.9 Å². The molecule has 3 rings (SSSR count). The molecule has 0 radical (unpaired) electrons. The highest BCUT2D eigenvalue weighted by Gasteiger charge is 2.26. The monoisotopic (exact) mass is 303 g/mol. The summed E-state index contributed by atoms with van der Waals surface area (Å²) < 4.78 is 13.1. The molecular formula is C16H21N3O3. The van der Waals surface area contributed by atoms with E-state index in [1.165, 1.54) is 0 Å². The Bertz CT molecular complexity index is 672. The Morgan fingerprint density at radius 3 is 2.73 bits per heavy atom. The Balaban J connectivity index is 1.67. The van der Waals surface area contributed by atoms with Gasteiger partial charge in [-0.2, -0.15) is 0 Å². The topological polar surface area (TPSA) is 56.6 Å². The van der Waals surface area contributed by atoms with Gasteiger partial charge in [-0.05, 0) is 26.0 Å². The predicted molar refractivity (Wildman–Crippen MR) is 82.8 cm³/mol. The van der Waals surface area contributed by atoms with E-state index in [-0.39, 0.29) is 24.7 Å². The van der Waals surface area contributed by atoms with Gasteiger partial charge in [0.15, 0.2) is 6.61 Å². The number of carbonyl (C=O) groups is 1. The summed E-state index contributed by atoms with van der Waals surface area (Å²) in [6, 6.07) is 7.81. The van der Waals surface area contributed by atoms with Crippen LogP contribution < -0.4 is 4.74 Å². The molecule has 2 atom stereocenters. The predicted octanol–water partition coefficient (Wildman–Crippen LogP) is 1.59. The number of carbonyl (C=O) groups excluding carboxylic acids is 1.